The smallest absolute Gasteiger partial charge is 0.159 e. The summed E-state index contributed by atoms with van der Waals surface area (Å²) in [5, 5.41) is 0. The van der Waals surface area contributed by atoms with Gasteiger partial charge in [-0.15, -0.1) is 6.42 Å². The van der Waals surface area contributed by atoms with Crippen LogP contribution in [0.25, 0.3) is 0 Å². The summed E-state index contributed by atoms with van der Waals surface area (Å²) in [6, 6.07) is 2.21. The van der Waals surface area contributed by atoms with Crippen LogP contribution < -0.4 is 0 Å². The number of rotatable bonds is 1. The van der Waals surface area contributed by atoms with Crippen LogP contribution in [0.1, 0.15) is 19.4 Å². The maximum absolute atomic E-state index is 13.0. The minimum Gasteiger partial charge on any atom is -0.204 e. The monoisotopic (exact) mass is 258 g/mol. The van der Waals surface area contributed by atoms with Gasteiger partial charge in [0.15, 0.2) is 11.6 Å². The van der Waals surface area contributed by atoms with E-state index in [-0.39, 0.29) is 0 Å². The third kappa shape index (κ3) is 1.96. The van der Waals surface area contributed by atoms with E-state index in [0.29, 0.717) is 10.0 Å². The van der Waals surface area contributed by atoms with Gasteiger partial charge in [-0.05, 0) is 31.5 Å². The highest BCUT2D eigenvalue weighted by molar-refractivity contribution is 9.10. The van der Waals surface area contributed by atoms with Crippen molar-refractivity contribution >= 4 is 15.9 Å². The normalized spacial score (nSPS) is 11.1. The Morgan fingerprint density at radius 3 is 2.29 bits per heavy atom. The molecule has 0 fully saturated rings. The van der Waals surface area contributed by atoms with E-state index in [1.807, 2.05) is 0 Å². The summed E-state index contributed by atoms with van der Waals surface area (Å²) >= 11 is 3.16. The highest BCUT2D eigenvalue weighted by atomic mass is 79.9. The first-order valence-electron chi connectivity index (χ1n) is 4.01. The van der Waals surface area contributed by atoms with Gasteiger partial charge in [0.1, 0.15) is 0 Å². The first kappa shape index (κ1) is 11.2. The lowest BCUT2D eigenvalue weighted by molar-refractivity contribution is 0.502. The molecule has 0 N–H and O–H groups in total. The molecule has 14 heavy (non-hydrogen) atoms. The molecule has 0 aliphatic rings. The minimum atomic E-state index is -0.883. The lowest BCUT2D eigenvalue weighted by atomic mass is 9.86. The molecule has 0 aliphatic carbocycles. The summed E-state index contributed by atoms with van der Waals surface area (Å²) in [4.78, 5) is 0. The van der Waals surface area contributed by atoms with Crippen LogP contribution in [0.3, 0.4) is 0 Å². The molecular weight excluding hydrogens is 250 g/mol. The molecule has 0 aromatic heterocycles. The Morgan fingerprint density at radius 2 is 1.79 bits per heavy atom. The maximum atomic E-state index is 13.0. The summed E-state index contributed by atoms with van der Waals surface area (Å²) in [5.41, 5.74) is -0.0493. The van der Waals surface area contributed by atoms with E-state index in [2.05, 4.69) is 21.9 Å². The third-order valence-corrected chi connectivity index (χ3v) is 2.70. The number of halogens is 3. The molecule has 0 radical (unpaired) electrons. The fourth-order valence-electron chi connectivity index (χ4n) is 1.08. The molecule has 74 valence electrons. The zero-order chi connectivity index (χ0) is 10.9. The summed E-state index contributed by atoms with van der Waals surface area (Å²) < 4.78 is 26.2. The van der Waals surface area contributed by atoms with Crippen molar-refractivity contribution in [1.82, 2.24) is 0 Å². The van der Waals surface area contributed by atoms with Gasteiger partial charge in [0.2, 0.25) is 0 Å². The van der Waals surface area contributed by atoms with Crippen LogP contribution in [-0.4, -0.2) is 0 Å². The SMILES string of the molecule is C#CC(C)(C)c1cc(F)c(F)cc1Br. The Kier molecular flexibility index (Phi) is 2.96. The number of hydrogen-bond acceptors (Lipinski definition) is 0. The van der Waals surface area contributed by atoms with Crippen LogP contribution in [-0.2, 0) is 5.41 Å². The van der Waals surface area contributed by atoms with Gasteiger partial charge in [0, 0.05) is 4.47 Å². The molecule has 0 spiro atoms. The van der Waals surface area contributed by atoms with E-state index in [1.54, 1.807) is 13.8 Å². The molecule has 0 atom stereocenters. The molecular formula is C11H9BrF2. The molecule has 0 amide bonds. The van der Waals surface area contributed by atoms with Gasteiger partial charge >= 0.3 is 0 Å². The first-order valence-corrected chi connectivity index (χ1v) is 4.80. The Balaban J connectivity index is 3.38. The lowest BCUT2D eigenvalue weighted by Gasteiger charge is -2.19. The van der Waals surface area contributed by atoms with Gasteiger partial charge in [-0.1, -0.05) is 21.9 Å². The Labute approximate surface area is 90.5 Å². The standard InChI is InChI=1S/C11H9BrF2/c1-4-11(2,3)7-5-9(13)10(14)6-8(7)12/h1,5-6H,2-3H3. The fourth-order valence-corrected chi connectivity index (χ4v) is 1.89. The van der Waals surface area contributed by atoms with E-state index in [4.69, 9.17) is 6.42 Å². The molecule has 1 rings (SSSR count). The molecule has 0 aliphatic heterocycles. The van der Waals surface area contributed by atoms with Crippen molar-refractivity contribution in [3.8, 4) is 12.3 Å². The van der Waals surface area contributed by atoms with Crippen molar-refractivity contribution in [2.75, 3.05) is 0 Å². The van der Waals surface area contributed by atoms with E-state index in [9.17, 15) is 8.78 Å². The van der Waals surface area contributed by atoms with Crippen LogP contribution in [0.2, 0.25) is 0 Å². The van der Waals surface area contributed by atoms with Gasteiger partial charge in [0.25, 0.3) is 0 Å². The second-order valence-corrected chi connectivity index (χ2v) is 4.37. The predicted molar refractivity (Wildman–Crippen MR) is 55.9 cm³/mol. The molecule has 1 aromatic carbocycles. The Morgan fingerprint density at radius 1 is 1.29 bits per heavy atom. The van der Waals surface area contributed by atoms with Crippen LogP contribution in [0.4, 0.5) is 8.78 Å². The molecule has 0 bridgehead atoms. The fraction of sp³-hybridized carbons (Fsp3) is 0.273. The van der Waals surface area contributed by atoms with E-state index >= 15 is 0 Å². The van der Waals surface area contributed by atoms with Crippen molar-refractivity contribution in [2.45, 2.75) is 19.3 Å². The topological polar surface area (TPSA) is 0 Å². The first-order chi connectivity index (χ1) is 6.38. The molecule has 0 saturated heterocycles. The van der Waals surface area contributed by atoms with Crippen molar-refractivity contribution in [2.24, 2.45) is 0 Å². The van der Waals surface area contributed by atoms with Crippen molar-refractivity contribution in [1.29, 1.82) is 0 Å². The minimum absolute atomic E-state index is 0.486. The average molecular weight is 259 g/mol. The van der Waals surface area contributed by atoms with E-state index in [0.717, 1.165) is 12.1 Å². The predicted octanol–water partition coefficient (Wildman–Crippen LogP) is 3.64. The second kappa shape index (κ2) is 3.70. The summed E-state index contributed by atoms with van der Waals surface area (Å²) in [6.45, 7) is 3.54. The Bertz CT molecular complexity index is 402. The van der Waals surface area contributed by atoms with Gasteiger partial charge in [0.05, 0.1) is 5.41 Å². The van der Waals surface area contributed by atoms with Crippen molar-refractivity contribution in [3.05, 3.63) is 33.8 Å². The summed E-state index contributed by atoms with van der Waals surface area (Å²) in [5.74, 6) is 0.762. The molecule has 0 unspecified atom stereocenters. The molecule has 0 saturated carbocycles. The summed E-state index contributed by atoms with van der Waals surface area (Å²) in [7, 11) is 0. The Hall–Kier alpha value is -0.880. The molecule has 1 aromatic rings. The maximum Gasteiger partial charge on any atom is 0.159 e. The van der Waals surface area contributed by atoms with Gasteiger partial charge < -0.3 is 0 Å². The molecule has 0 heterocycles. The average Bonchev–Trinajstić information content (AvgIpc) is 2.11. The number of hydrogen-bond donors (Lipinski definition) is 0. The zero-order valence-corrected chi connectivity index (χ0v) is 9.45. The molecule has 0 nitrogen and oxygen atoms in total. The van der Waals surface area contributed by atoms with Gasteiger partial charge in [-0.2, -0.15) is 0 Å². The highest BCUT2D eigenvalue weighted by Gasteiger charge is 2.22. The third-order valence-electron chi connectivity index (χ3n) is 2.04. The zero-order valence-electron chi connectivity index (χ0n) is 7.87. The van der Waals surface area contributed by atoms with Crippen LogP contribution in [0.5, 0.6) is 0 Å². The number of benzene rings is 1. The van der Waals surface area contributed by atoms with Gasteiger partial charge in [-0.25, -0.2) is 8.78 Å². The molecule has 3 heteroatoms. The van der Waals surface area contributed by atoms with Crippen LogP contribution in [0, 0.1) is 24.0 Å². The van der Waals surface area contributed by atoms with Crippen molar-refractivity contribution in [3.63, 3.8) is 0 Å². The van der Waals surface area contributed by atoms with Crippen LogP contribution in [0.15, 0.2) is 16.6 Å². The van der Waals surface area contributed by atoms with E-state index in [1.165, 1.54) is 0 Å². The van der Waals surface area contributed by atoms with Crippen LogP contribution >= 0.6 is 15.9 Å². The summed E-state index contributed by atoms with van der Waals surface area (Å²) in [6.07, 6.45) is 5.31. The van der Waals surface area contributed by atoms with Gasteiger partial charge in [-0.3, -0.25) is 0 Å². The lowest BCUT2D eigenvalue weighted by Crippen LogP contribution is -2.15. The second-order valence-electron chi connectivity index (χ2n) is 3.52. The van der Waals surface area contributed by atoms with E-state index < -0.39 is 17.0 Å². The quantitative estimate of drug-likeness (QED) is 0.533. The highest BCUT2D eigenvalue weighted by Crippen LogP contribution is 2.31. The largest absolute Gasteiger partial charge is 0.204 e. The number of terminal acetylenes is 1. The van der Waals surface area contributed by atoms with Crippen molar-refractivity contribution < 1.29 is 8.78 Å².